The minimum Gasteiger partial charge on any atom is -0.397 e. The molecule has 10 heavy (non-hydrogen) atoms. The van der Waals surface area contributed by atoms with E-state index in [0.29, 0.717) is 0 Å². The van der Waals surface area contributed by atoms with Crippen LogP contribution in [0.5, 0.6) is 0 Å². The van der Waals surface area contributed by atoms with Gasteiger partial charge in [-0.25, -0.2) is 0 Å². The first kappa shape index (κ1) is 8.81. The molecule has 5 heteroatoms. The topological polar surface area (TPSA) is 18.5 Å². The van der Waals surface area contributed by atoms with E-state index < -0.39 is 8.56 Å². The Morgan fingerprint density at radius 3 is 2.00 bits per heavy atom. The Morgan fingerprint density at radius 1 is 1.40 bits per heavy atom. The molecule has 0 aromatic carbocycles. The Bertz CT molecular complexity index is 127. The van der Waals surface area contributed by atoms with Crippen LogP contribution < -0.4 is 0 Å². The molecule has 1 fully saturated rings. The second-order valence-electron chi connectivity index (χ2n) is 2.37. The summed E-state index contributed by atoms with van der Waals surface area (Å²) in [5, 5.41) is 0. The van der Waals surface area contributed by atoms with E-state index >= 15 is 0 Å². The first-order chi connectivity index (χ1) is 4.66. The van der Waals surface area contributed by atoms with Crippen molar-refractivity contribution in [3.8, 4) is 0 Å². The summed E-state index contributed by atoms with van der Waals surface area (Å²) < 4.78 is 10.4. The largest absolute Gasteiger partial charge is 0.397 e. The Morgan fingerprint density at radius 2 is 1.90 bits per heavy atom. The van der Waals surface area contributed by atoms with Gasteiger partial charge < -0.3 is 8.85 Å². The molecular weight excluding hydrogens is 191 g/mol. The van der Waals surface area contributed by atoms with Gasteiger partial charge in [0, 0.05) is 19.8 Å². The van der Waals surface area contributed by atoms with Gasteiger partial charge in [-0.1, -0.05) is 0 Å². The van der Waals surface area contributed by atoms with Gasteiger partial charge in [0.15, 0.2) is 0 Å². The molecule has 0 radical (unpaired) electrons. The molecule has 0 amide bonds. The normalized spacial score (nSPS) is 29.1. The highest BCUT2D eigenvalue weighted by atomic mass is 35.5. The average Bonchev–Trinajstić information content (AvgIpc) is 2.63. The third kappa shape index (κ3) is 1.34. The first-order valence-electron chi connectivity index (χ1n) is 3.04. The highest BCUT2D eigenvalue weighted by Gasteiger charge is 2.63. The molecule has 0 saturated carbocycles. The van der Waals surface area contributed by atoms with Crippen LogP contribution in [-0.4, -0.2) is 27.6 Å². The summed E-state index contributed by atoms with van der Waals surface area (Å²) in [7, 11) is 1.46. The van der Waals surface area contributed by atoms with Gasteiger partial charge in [-0.15, -0.1) is 23.2 Å². The Hall–Kier alpha value is 0.717. The molecule has 1 unspecified atom stereocenters. The van der Waals surface area contributed by atoms with Crippen LogP contribution in [0.3, 0.4) is 0 Å². The maximum absolute atomic E-state index is 5.66. The van der Waals surface area contributed by atoms with E-state index in [2.05, 4.69) is 0 Å². The van der Waals surface area contributed by atoms with Crippen LogP contribution in [0.2, 0.25) is 11.6 Å². The third-order valence-corrected chi connectivity index (χ3v) is 6.47. The Balaban J connectivity index is 2.45. The van der Waals surface area contributed by atoms with Crippen molar-refractivity contribution in [2.75, 3.05) is 14.2 Å². The molecule has 0 aromatic rings. The third-order valence-electron chi connectivity index (χ3n) is 1.90. The van der Waals surface area contributed by atoms with Crippen molar-refractivity contribution in [1.29, 1.82) is 0 Å². The van der Waals surface area contributed by atoms with Gasteiger partial charge in [0.25, 0.3) is 0 Å². The van der Waals surface area contributed by atoms with Crippen LogP contribution in [0.25, 0.3) is 0 Å². The number of halogens is 2. The molecule has 0 spiro atoms. The molecule has 1 saturated heterocycles. The van der Waals surface area contributed by atoms with Crippen LogP contribution in [0, 0.1) is 0 Å². The first-order valence-corrected chi connectivity index (χ1v) is 6.02. The lowest BCUT2D eigenvalue weighted by Crippen LogP contribution is -2.24. The second kappa shape index (κ2) is 2.99. The van der Waals surface area contributed by atoms with Gasteiger partial charge in [0.1, 0.15) is 4.84 Å². The number of hydrogen-bond acceptors (Lipinski definition) is 2. The molecule has 1 aliphatic rings. The zero-order valence-electron chi connectivity index (χ0n) is 5.93. The number of alkyl halides is 2. The quantitative estimate of drug-likeness (QED) is 0.513. The summed E-state index contributed by atoms with van der Waals surface area (Å²) in [5.41, 5.74) is 0.269. The molecule has 0 aromatic heterocycles. The molecule has 2 nitrogen and oxygen atoms in total. The van der Waals surface area contributed by atoms with E-state index in [1.165, 1.54) is 0 Å². The molecule has 0 N–H and O–H groups in total. The van der Waals surface area contributed by atoms with Gasteiger partial charge >= 0.3 is 8.56 Å². The molecule has 0 aliphatic carbocycles. The monoisotopic (exact) mass is 200 g/mol. The smallest absolute Gasteiger partial charge is 0.343 e. The number of rotatable bonds is 3. The van der Waals surface area contributed by atoms with Crippen LogP contribution in [-0.2, 0) is 8.85 Å². The van der Waals surface area contributed by atoms with Crippen molar-refractivity contribution < 1.29 is 8.85 Å². The fourth-order valence-corrected chi connectivity index (χ4v) is 5.43. The lowest BCUT2D eigenvalue weighted by Gasteiger charge is -2.09. The van der Waals surface area contributed by atoms with E-state index in [4.69, 9.17) is 32.1 Å². The minimum atomic E-state index is -1.86. The summed E-state index contributed by atoms with van der Waals surface area (Å²) in [4.78, 5) is -0.327. The lowest BCUT2D eigenvalue weighted by atomic mass is 10.6. The molecule has 1 heterocycles. The SMILES string of the molecule is CO[Si]1(OC)CC1C(Cl)Cl. The van der Waals surface area contributed by atoms with Crippen LogP contribution in [0.4, 0.5) is 0 Å². The molecule has 1 rings (SSSR count). The van der Waals surface area contributed by atoms with Crippen molar-refractivity contribution in [3.05, 3.63) is 0 Å². The highest BCUT2D eigenvalue weighted by molar-refractivity contribution is 6.82. The van der Waals surface area contributed by atoms with E-state index in [1.54, 1.807) is 14.2 Å². The summed E-state index contributed by atoms with van der Waals surface area (Å²) in [6.07, 6.45) is 0. The summed E-state index contributed by atoms with van der Waals surface area (Å²) in [5.74, 6) is 0. The van der Waals surface area contributed by atoms with Crippen LogP contribution >= 0.6 is 23.2 Å². The Kier molecular flexibility index (Phi) is 2.63. The van der Waals surface area contributed by atoms with Crippen molar-refractivity contribution in [2.24, 2.45) is 0 Å². The minimum absolute atomic E-state index is 0.269. The zero-order valence-corrected chi connectivity index (χ0v) is 8.45. The highest BCUT2D eigenvalue weighted by Crippen LogP contribution is 2.54. The van der Waals surface area contributed by atoms with Crippen LogP contribution in [0.1, 0.15) is 0 Å². The predicted molar refractivity (Wildman–Crippen MR) is 43.8 cm³/mol. The molecular formula is C5H10Cl2O2Si. The van der Waals surface area contributed by atoms with Gasteiger partial charge in [-0.05, 0) is 6.04 Å². The Labute approximate surface area is 71.7 Å². The van der Waals surface area contributed by atoms with Crippen molar-refractivity contribution in [3.63, 3.8) is 0 Å². The number of hydrogen-bond donors (Lipinski definition) is 0. The lowest BCUT2D eigenvalue weighted by molar-refractivity contribution is 0.270. The fraction of sp³-hybridized carbons (Fsp3) is 1.00. The van der Waals surface area contributed by atoms with Crippen molar-refractivity contribution in [2.45, 2.75) is 16.4 Å². The van der Waals surface area contributed by atoms with Gasteiger partial charge in [-0.2, -0.15) is 0 Å². The van der Waals surface area contributed by atoms with Crippen molar-refractivity contribution in [1.82, 2.24) is 0 Å². The second-order valence-corrected chi connectivity index (χ2v) is 7.12. The van der Waals surface area contributed by atoms with E-state index in [1.807, 2.05) is 0 Å². The maximum Gasteiger partial charge on any atom is 0.343 e. The molecule has 1 aliphatic heterocycles. The summed E-state index contributed by atoms with van der Waals surface area (Å²) in [6.45, 7) is 0. The maximum atomic E-state index is 5.66. The average molecular weight is 201 g/mol. The van der Waals surface area contributed by atoms with E-state index in [-0.39, 0.29) is 10.4 Å². The summed E-state index contributed by atoms with van der Waals surface area (Å²) >= 11 is 11.3. The predicted octanol–water partition coefficient (Wildman–Crippen LogP) is 1.91. The fourth-order valence-electron chi connectivity index (χ4n) is 1.08. The molecule has 1 atom stereocenters. The summed E-state index contributed by atoms with van der Waals surface area (Å²) in [6, 6.07) is 0.928. The molecule has 0 bridgehead atoms. The molecule has 60 valence electrons. The van der Waals surface area contributed by atoms with Gasteiger partial charge in [0.2, 0.25) is 0 Å². The van der Waals surface area contributed by atoms with E-state index in [0.717, 1.165) is 6.04 Å². The van der Waals surface area contributed by atoms with Gasteiger partial charge in [0.05, 0.1) is 0 Å². The van der Waals surface area contributed by atoms with E-state index in [9.17, 15) is 0 Å². The van der Waals surface area contributed by atoms with Crippen LogP contribution in [0.15, 0.2) is 0 Å². The zero-order chi connectivity index (χ0) is 7.78. The standard InChI is InChI=1S/C5H10Cl2O2Si/c1-8-10(9-2)3-4(10)5(6)7/h4-5H,3H2,1-2H3. The van der Waals surface area contributed by atoms with Gasteiger partial charge in [-0.3, -0.25) is 0 Å². The van der Waals surface area contributed by atoms with Crippen molar-refractivity contribution >= 4 is 31.8 Å².